The summed E-state index contributed by atoms with van der Waals surface area (Å²) in [4.78, 5) is 1.66. The lowest BCUT2D eigenvalue weighted by molar-refractivity contribution is -0.920. The van der Waals surface area contributed by atoms with Crippen LogP contribution in [0, 0.1) is 0 Å². The van der Waals surface area contributed by atoms with Gasteiger partial charge in [-0.3, -0.25) is 0 Å². The summed E-state index contributed by atoms with van der Waals surface area (Å²) >= 11 is 3.51. The molecule has 0 radical (unpaired) electrons. The summed E-state index contributed by atoms with van der Waals surface area (Å²) in [7, 11) is 1.73. The van der Waals surface area contributed by atoms with Gasteiger partial charge in [0.25, 0.3) is 0 Å². The second-order valence-corrected chi connectivity index (χ2v) is 5.77. The van der Waals surface area contributed by atoms with E-state index in [9.17, 15) is 0 Å². The molecule has 1 aliphatic heterocycles. The van der Waals surface area contributed by atoms with Crippen molar-refractivity contribution in [2.75, 3.05) is 46.5 Å². The zero-order valence-electron chi connectivity index (χ0n) is 12.2. The number of hydrogen-bond donors (Lipinski definition) is 2. The Hall–Kier alpha value is -0.0400. The number of rotatable bonds is 6. The minimum atomic E-state index is 0. The van der Waals surface area contributed by atoms with Gasteiger partial charge in [-0.25, -0.2) is 0 Å². The summed E-state index contributed by atoms with van der Waals surface area (Å²) in [5.41, 5.74) is 1.24. The van der Waals surface area contributed by atoms with E-state index >= 15 is 0 Å². The number of methoxy groups -OCH3 is 1. The summed E-state index contributed by atoms with van der Waals surface area (Å²) in [5.74, 6) is 0.971. The molecule has 0 bridgehead atoms. The molecule has 1 aliphatic rings. The average molecular weight is 402 g/mol. The molecule has 1 fully saturated rings. The van der Waals surface area contributed by atoms with Crippen LogP contribution in [0.5, 0.6) is 5.75 Å². The fraction of sp³-hybridized carbons (Fsp3) is 0.571. The molecule has 0 atom stereocenters. The van der Waals surface area contributed by atoms with E-state index in [4.69, 9.17) is 9.47 Å². The molecule has 1 aromatic carbocycles. The molecule has 0 amide bonds. The normalized spacial score (nSPS) is 15.0. The van der Waals surface area contributed by atoms with Crippen LogP contribution >= 0.6 is 15.9 Å². The van der Waals surface area contributed by atoms with E-state index in [1.807, 2.05) is 12.1 Å². The topological polar surface area (TPSA) is 39.5 Å². The molecule has 0 unspecified atom stereocenters. The van der Waals surface area contributed by atoms with Crippen LogP contribution in [-0.4, -0.2) is 46.5 Å². The largest absolute Gasteiger partial charge is 1.00 e. The molecule has 1 saturated heterocycles. The van der Waals surface area contributed by atoms with Crippen LogP contribution in [0.4, 0.5) is 0 Å². The van der Waals surface area contributed by atoms with Crippen molar-refractivity contribution in [3.8, 4) is 5.75 Å². The van der Waals surface area contributed by atoms with Crippen molar-refractivity contribution in [3.05, 3.63) is 28.2 Å². The summed E-state index contributed by atoms with van der Waals surface area (Å²) in [5, 5.41) is 2.35. The SMILES string of the molecule is COc1ccc(Br)cc1C[NH2+]CC[NH+]1CCOCC1.[Cl-].[Cl-]. The molecule has 1 heterocycles. The maximum atomic E-state index is 5.38. The lowest BCUT2D eigenvalue weighted by Gasteiger charge is -2.22. The Labute approximate surface area is 147 Å². The average Bonchev–Trinajstić information content (AvgIpc) is 2.45. The van der Waals surface area contributed by atoms with Crippen molar-refractivity contribution in [1.29, 1.82) is 0 Å². The quantitative estimate of drug-likeness (QED) is 0.465. The molecule has 4 nitrogen and oxygen atoms in total. The number of hydrogen-bond acceptors (Lipinski definition) is 2. The molecular weight excluding hydrogens is 379 g/mol. The predicted octanol–water partition coefficient (Wildman–Crippen LogP) is -6.56. The number of halogens is 3. The van der Waals surface area contributed by atoms with Gasteiger partial charge in [0, 0.05) is 10.0 Å². The molecule has 0 aliphatic carbocycles. The predicted molar refractivity (Wildman–Crippen MR) is 77.6 cm³/mol. The summed E-state index contributed by atoms with van der Waals surface area (Å²) < 4.78 is 11.9. The van der Waals surface area contributed by atoms with Gasteiger partial charge < -0.3 is 44.5 Å². The summed E-state index contributed by atoms with van der Waals surface area (Å²) in [6, 6.07) is 6.16. The molecule has 0 spiro atoms. The zero-order valence-corrected chi connectivity index (χ0v) is 15.3. The second-order valence-electron chi connectivity index (χ2n) is 4.85. The minimum absolute atomic E-state index is 0. The van der Waals surface area contributed by atoms with Gasteiger partial charge in [0.05, 0.1) is 20.3 Å². The van der Waals surface area contributed by atoms with Crippen molar-refractivity contribution in [2.24, 2.45) is 0 Å². The standard InChI is InChI=1S/C14H21BrN2O2.2ClH/c1-18-14-3-2-13(15)10-12(14)11-16-4-5-17-6-8-19-9-7-17;;/h2-3,10,16H,4-9,11H2,1H3;2*1H. The van der Waals surface area contributed by atoms with E-state index in [2.05, 4.69) is 27.3 Å². The first-order chi connectivity index (χ1) is 9.29. The fourth-order valence-electron chi connectivity index (χ4n) is 2.38. The Bertz CT molecular complexity index is 405. The number of ether oxygens (including phenoxy) is 2. The maximum Gasteiger partial charge on any atom is 0.127 e. The van der Waals surface area contributed by atoms with Crippen LogP contribution < -0.4 is 39.8 Å². The molecule has 0 saturated carbocycles. The molecule has 122 valence electrons. The van der Waals surface area contributed by atoms with Gasteiger partial charge in [-0.1, -0.05) is 15.9 Å². The third-order valence-electron chi connectivity index (χ3n) is 3.51. The number of morpholine rings is 1. The van der Waals surface area contributed by atoms with Crippen molar-refractivity contribution < 1.29 is 44.5 Å². The van der Waals surface area contributed by atoms with E-state index in [1.165, 1.54) is 12.1 Å². The lowest BCUT2D eigenvalue weighted by Crippen LogP contribution is -3.16. The highest BCUT2D eigenvalue weighted by Crippen LogP contribution is 2.21. The Morgan fingerprint density at radius 1 is 1.29 bits per heavy atom. The van der Waals surface area contributed by atoms with Gasteiger partial charge >= 0.3 is 0 Å². The second kappa shape index (κ2) is 11.5. The first kappa shape index (κ1) is 21.0. The molecule has 7 heteroatoms. The first-order valence-corrected chi connectivity index (χ1v) is 7.64. The lowest BCUT2D eigenvalue weighted by atomic mass is 10.2. The van der Waals surface area contributed by atoms with Crippen LogP contribution in [0.15, 0.2) is 22.7 Å². The number of benzene rings is 1. The highest BCUT2D eigenvalue weighted by molar-refractivity contribution is 9.10. The van der Waals surface area contributed by atoms with Crippen molar-refractivity contribution in [1.82, 2.24) is 0 Å². The smallest absolute Gasteiger partial charge is 0.127 e. The van der Waals surface area contributed by atoms with E-state index in [0.717, 1.165) is 49.6 Å². The molecule has 2 rings (SSSR count). The van der Waals surface area contributed by atoms with E-state index in [1.54, 1.807) is 12.0 Å². The Morgan fingerprint density at radius 3 is 2.67 bits per heavy atom. The Morgan fingerprint density at radius 2 is 2.00 bits per heavy atom. The highest BCUT2D eigenvalue weighted by atomic mass is 79.9. The van der Waals surface area contributed by atoms with Crippen molar-refractivity contribution in [3.63, 3.8) is 0 Å². The van der Waals surface area contributed by atoms with E-state index in [0.29, 0.717) is 0 Å². The fourth-order valence-corrected chi connectivity index (χ4v) is 2.79. The Balaban J connectivity index is 0.00000200. The van der Waals surface area contributed by atoms with Crippen LogP contribution in [0.3, 0.4) is 0 Å². The molecule has 21 heavy (non-hydrogen) atoms. The summed E-state index contributed by atoms with van der Waals surface area (Å²) in [6.07, 6.45) is 0. The van der Waals surface area contributed by atoms with Gasteiger partial charge in [0.1, 0.15) is 38.5 Å². The highest BCUT2D eigenvalue weighted by Gasteiger charge is 2.14. The Kier molecular flexibility index (Phi) is 11.5. The zero-order chi connectivity index (χ0) is 13.5. The molecule has 1 aromatic rings. The monoisotopic (exact) mass is 400 g/mol. The van der Waals surface area contributed by atoms with Gasteiger partial charge in [-0.15, -0.1) is 0 Å². The minimum Gasteiger partial charge on any atom is -1.00 e. The first-order valence-electron chi connectivity index (χ1n) is 6.85. The third kappa shape index (κ3) is 7.17. The summed E-state index contributed by atoms with van der Waals surface area (Å²) in [6.45, 7) is 7.43. The maximum absolute atomic E-state index is 5.38. The number of nitrogens with two attached hydrogens (primary N) is 1. The van der Waals surface area contributed by atoms with Crippen LogP contribution in [0.25, 0.3) is 0 Å². The van der Waals surface area contributed by atoms with Crippen molar-refractivity contribution in [2.45, 2.75) is 6.54 Å². The third-order valence-corrected chi connectivity index (χ3v) is 4.00. The molecule has 0 aromatic heterocycles. The molecule has 3 N–H and O–H groups in total. The number of quaternary nitrogens is 2. The van der Waals surface area contributed by atoms with E-state index in [-0.39, 0.29) is 24.8 Å². The van der Waals surface area contributed by atoms with Crippen LogP contribution in [0.2, 0.25) is 0 Å². The van der Waals surface area contributed by atoms with Gasteiger partial charge in [-0.05, 0) is 18.2 Å². The van der Waals surface area contributed by atoms with Gasteiger partial charge in [0.2, 0.25) is 0 Å². The van der Waals surface area contributed by atoms with E-state index < -0.39 is 0 Å². The number of nitrogens with one attached hydrogen (secondary N) is 1. The van der Waals surface area contributed by atoms with Gasteiger partial charge in [-0.2, -0.15) is 0 Å². The van der Waals surface area contributed by atoms with Gasteiger partial charge in [0.15, 0.2) is 0 Å². The molecular formula is C14H23BrCl2N2O2. The van der Waals surface area contributed by atoms with Crippen molar-refractivity contribution >= 4 is 15.9 Å². The van der Waals surface area contributed by atoms with Crippen LogP contribution in [0.1, 0.15) is 5.56 Å². The van der Waals surface area contributed by atoms with Crippen LogP contribution in [-0.2, 0) is 11.3 Å².